The number of ether oxygens (including phenoxy) is 2. The van der Waals surface area contributed by atoms with Gasteiger partial charge in [0.1, 0.15) is 17.0 Å². The number of aryl methyl sites for hydroxylation is 2. The SMILES string of the molecule is CCOC(=O)c1cc(OC)n2c(C)c(-c3cc4ccc(C(C)n5cc(CCCCCCBr)nn5)nc4[nH]3)nc2c1. The number of hydrogen-bond donors (Lipinski definition) is 1. The largest absolute Gasteiger partial charge is 0.482 e. The molecule has 1 atom stereocenters. The topological polar surface area (TPSA) is 112 Å². The number of aromatic amines is 1. The molecule has 5 aromatic rings. The lowest BCUT2D eigenvalue weighted by molar-refractivity contribution is 0.0526. The maximum Gasteiger partial charge on any atom is 0.338 e. The summed E-state index contributed by atoms with van der Waals surface area (Å²) in [7, 11) is 1.57. The molecule has 0 amide bonds. The lowest BCUT2D eigenvalue weighted by Gasteiger charge is -2.10. The Morgan fingerprint density at radius 2 is 1.95 bits per heavy atom. The maximum absolute atomic E-state index is 12.4. The van der Waals surface area contributed by atoms with Gasteiger partial charge in [-0.3, -0.25) is 4.40 Å². The number of carbonyl (C=O) groups is 1. The molecule has 5 aromatic heterocycles. The summed E-state index contributed by atoms with van der Waals surface area (Å²) in [5.74, 6) is 0.0973. The fourth-order valence-corrected chi connectivity index (χ4v) is 5.30. The van der Waals surface area contributed by atoms with E-state index in [1.807, 2.05) is 34.3 Å². The monoisotopic (exact) mass is 607 g/mol. The van der Waals surface area contributed by atoms with Crippen molar-refractivity contribution in [1.82, 2.24) is 34.3 Å². The molecule has 0 spiro atoms. The van der Waals surface area contributed by atoms with E-state index in [9.17, 15) is 4.79 Å². The van der Waals surface area contributed by atoms with Gasteiger partial charge in [-0.05, 0) is 64.3 Å². The molecule has 0 saturated heterocycles. The number of nitrogens with one attached hydrogen (secondary N) is 1. The number of H-pyrrole nitrogens is 1. The van der Waals surface area contributed by atoms with Crippen molar-refractivity contribution in [2.45, 2.75) is 58.9 Å². The first kappa shape index (κ1) is 27.8. The molecule has 0 aliphatic rings. The lowest BCUT2D eigenvalue weighted by Crippen LogP contribution is -2.09. The van der Waals surface area contributed by atoms with Crippen molar-refractivity contribution in [2.75, 3.05) is 19.0 Å². The molecule has 0 fully saturated rings. The molecule has 1 unspecified atom stereocenters. The van der Waals surface area contributed by atoms with Crippen LogP contribution in [0.4, 0.5) is 0 Å². The molecule has 11 heteroatoms. The van der Waals surface area contributed by atoms with Gasteiger partial charge in [0.05, 0.1) is 48.1 Å². The summed E-state index contributed by atoms with van der Waals surface area (Å²) >= 11 is 3.49. The van der Waals surface area contributed by atoms with Crippen molar-refractivity contribution in [1.29, 1.82) is 0 Å². The second kappa shape index (κ2) is 12.2. The second-order valence-corrected chi connectivity index (χ2v) is 10.6. The Morgan fingerprint density at radius 3 is 2.73 bits per heavy atom. The van der Waals surface area contributed by atoms with Gasteiger partial charge in [0.15, 0.2) is 5.88 Å². The van der Waals surface area contributed by atoms with Crippen molar-refractivity contribution in [3.63, 3.8) is 0 Å². The van der Waals surface area contributed by atoms with E-state index in [0.29, 0.717) is 23.7 Å². The van der Waals surface area contributed by atoms with E-state index in [1.165, 1.54) is 19.3 Å². The van der Waals surface area contributed by atoms with Crippen LogP contribution in [0.1, 0.15) is 73.0 Å². The van der Waals surface area contributed by atoms with Crippen LogP contribution in [0.2, 0.25) is 0 Å². The molecular formula is C29H34BrN7O3. The van der Waals surface area contributed by atoms with Gasteiger partial charge in [0.2, 0.25) is 0 Å². The molecule has 0 saturated carbocycles. The van der Waals surface area contributed by atoms with E-state index < -0.39 is 5.97 Å². The van der Waals surface area contributed by atoms with Crippen molar-refractivity contribution < 1.29 is 14.3 Å². The predicted molar refractivity (Wildman–Crippen MR) is 157 cm³/mol. The van der Waals surface area contributed by atoms with E-state index in [1.54, 1.807) is 26.2 Å². The molecule has 1 N–H and O–H groups in total. The van der Waals surface area contributed by atoms with Crippen LogP contribution in [0.25, 0.3) is 28.1 Å². The van der Waals surface area contributed by atoms with Crippen LogP contribution in [-0.2, 0) is 11.2 Å². The number of aromatic nitrogens is 7. The summed E-state index contributed by atoms with van der Waals surface area (Å²) in [5.41, 5.74) is 6.12. The highest BCUT2D eigenvalue weighted by atomic mass is 79.9. The smallest absolute Gasteiger partial charge is 0.338 e. The molecule has 40 heavy (non-hydrogen) atoms. The van der Waals surface area contributed by atoms with Gasteiger partial charge in [-0.25, -0.2) is 19.4 Å². The van der Waals surface area contributed by atoms with Gasteiger partial charge < -0.3 is 14.5 Å². The average molecular weight is 609 g/mol. The van der Waals surface area contributed by atoms with Crippen molar-refractivity contribution in [3.05, 3.63) is 59.2 Å². The first-order chi connectivity index (χ1) is 19.4. The number of pyridine rings is 2. The van der Waals surface area contributed by atoms with Crippen molar-refractivity contribution >= 4 is 38.6 Å². The minimum Gasteiger partial charge on any atom is -0.482 e. The normalized spacial score (nSPS) is 12.3. The van der Waals surface area contributed by atoms with Crippen LogP contribution in [0.5, 0.6) is 5.88 Å². The number of nitrogens with zero attached hydrogens (tertiary/aromatic N) is 6. The van der Waals surface area contributed by atoms with E-state index in [0.717, 1.165) is 57.7 Å². The molecule has 210 valence electrons. The number of carbonyl (C=O) groups excluding carboxylic acids is 1. The van der Waals surface area contributed by atoms with Gasteiger partial charge in [-0.15, -0.1) is 5.10 Å². The van der Waals surface area contributed by atoms with Gasteiger partial charge in [0, 0.05) is 23.0 Å². The number of methoxy groups -OCH3 is 1. The first-order valence-electron chi connectivity index (χ1n) is 13.6. The highest BCUT2D eigenvalue weighted by Crippen LogP contribution is 2.30. The van der Waals surface area contributed by atoms with E-state index in [4.69, 9.17) is 19.4 Å². The average Bonchev–Trinajstić information content (AvgIpc) is 3.69. The predicted octanol–water partition coefficient (Wildman–Crippen LogP) is 6.07. The Hall–Kier alpha value is -3.73. The number of halogens is 1. The molecule has 0 radical (unpaired) electrons. The third-order valence-corrected chi connectivity index (χ3v) is 7.65. The second-order valence-electron chi connectivity index (χ2n) is 9.82. The molecule has 5 heterocycles. The Kier molecular flexibility index (Phi) is 8.49. The number of rotatable bonds is 12. The zero-order chi connectivity index (χ0) is 28.2. The molecule has 0 bridgehead atoms. The molecule has 0 aromatic carbocycles. The highest BCUT2D eigenvalue weighted by Gasteiger charge is 2.20. The fourth-order valence-electron chi connectivity index (χ4n) is 4.90. The van der Waals surface area contributed by atoms with Crippen LogP contribution in [-0.4, -0.2) is 59.4 Å². The summed E-state index contributed by atoms with van der Waals surface area (Å²) in [5, 5.41) is 10.8. The van der Waals surface area contributed by atoms with Gasteiger partial charge >= 0.3 is 5.97 Å². The third kappa shape index (κ3) is 5.60. The number of hydrogen-bond acceptors (Lipinski definition) is 7. The van der Waals surface area contributed by atoms with E-state index in [2.05, 4.69) is 44.2 Å². The summed E-state index contributed by atoms with van der Waals surface area (Å²) in [6.45, 7) is 6.12. The first-order valence-corrected chi connectivity index (χ1v) is 14.8. The zero-order valence-electron chi connectivity index (χ0n) is 23.3. The quantitative estimate of drug-likeness (QED) is 0.104. The van der Waals surface area contributed by atoms with Gasteiger partial charge in [-0.2, -0.15) is 0 Å². The Labute approximate surface area is 241 Å². The molecule has 0 aliphatic heterocycles. The molecule has 10 nitrogen and oxygen atoms in total. The standard InChI is InChI=1S/C29H34BrN7O3/c1-5-40-29(38)21-15-25-33-27(19(3)37(25)26(16-21)39-4)24-14-20-11-12-23(31-28(20)32-24)18(2)36-17-22(34-35-36)10-8-6-7-9-13-30/h11-12,14-18H,5-10,13H2,1-4H3,(H,31,32). The minimum absolute atomic E-state index is 0.0618. The van der Waals surface area contributed by atoms with Gasteiger partial charge in [-0.1, -0.05) is 34.0 Å². The fraction of sp³-hybridized carbons (Fsp3) is 0.414. The van der Waals surface area contributed by atoms with E-state index >= 15 is 0 Å². The number of esters is 1. The maximum atomic E-state index is 12.4. The van der Waals surface area contributed by atoms with Crippen molar-refractivity contribution in [2.24, 2.45) is 0 Å². The van der Waals surface area contributed by atoms with Crippen LogP contribution < -0.4 is 4.74 Å². The van der Waals surface area contributed by atoms with Crippen molar-refractivity contribution in [3.8, 4) is 17.3 Å². The number of imidazole rings is 1. The summed E-state index contributed by atoms with van der Waals surface area (Å²) < 4.78 is 14.5. The van der Waals surface area contributed by atoms with Crippen LogP contribution in [0, 0.1) is 6.92 Å². The summed E-state index contributed by atoms with van der Waals surface area (Å²) in [4.78, 5) is 25.5. The molecule has 0 aliphatic carbocycles. The summed E-state index contributed by atoms with van der Waals surface area (Å²) in [6.07, 6.45) is 7.72. The Morgan fingerprint density at radius 1 is 1.12 bits per heavy atom. The van der Waals surface area contributed by atoms with E-state index in [-0.39, 0.29) is 6.04 Å². The van der Waals surface area contributed by atoms with Crippen LogP contribution >= 0.6 is 15.9 Å². The third-order valence-electron chi connectivity index (χ3n) is 7.09. The number of alkyl halides is 1. The van der Waals surface area contributed by atoms with Crippen LogP contribution in [0.15, 0.2) is 36.5 Å². The number of fused-ring (bicyclic) bond motifs is 2. The Balaban J connectivity index is 1.40. The van der Waals surface area contributed by atoms with Gasteiger partial charge in [0.25, 0.3) is 0 Å². The molecule has 5 rings (SSSR count). The molecular weight excluding hydrogens is 574 g/mol. The summed E-state index contributed by atoms with van der Waals surface area (Å²) in [6, 6.07) is 9.44. The van der Waals surface area contributed by atoms with Crippen LogP contribution in [0.3, 0.4) is 0 Å². The number of unbranched alkanes of at least 4 members (excludes halogenated alkanes) is 3. The zero-order valence-corrected chi connectivity index (χ0v) is 24.9. The minimum atomic E-state index is -0.410. The Bertz CT molecular complexity index is 1640. The highest BCUT2D eigenvalue weighted by molar-refractivity contribution is 9.09. The lowest BCUT2D eigenvalue weighted by atomic mass is 10.1.